The maximum atomic E-state index is 13.5. The molecule has 2 aromatic carbocycles. The molecule has 0 fully saturated rings. The molecule has 216 valence electrons. The maximum Gasteiger partial charge on any atom is 0.424 e. The Morgan fingerprint density at radius 2 is 1.57 bits per heavy atom. The fourth-order valence-corrected chi connectivity index (χ4v) is 3.90. The quantitative estimate of drug-likeness (QED) is 0.249. The van der Waals surface area contributed by atoms with Crippen LogP contribution in [-0.4, -0.2) is 53.3 Å². The first-order valence-electron chi connectivity index (χ1n) is 12.6. The highest BCUT2D eigenvalue weighted by atomic mass is 35.5. The molecule has 11 heteroatoms. The van der Waals surface area contributed by atoms with Crippen molar-refractivity contribution in [3.05, 3.63) is 53.1 Å². The molecule has 0 bridgehead atoms. The van der Waals surface area contributed by atoms with Gasteiger partial charge in [-0.2, -0.15) is 23.1 Å². The topological polar surface area (TPSA) is 83.4 Å². The Kier molecular flexibility index (Phi) is 9.46. The van der Waals surface area contributed by atoms with Gasteiger partial charge in [-0.3, -0.25) is 4.79 Å². The molecule has 7 nitrogen and oxygen atoms in total. The van der Waals surface area contributed by atoms with E-state index in [-0.39, 0.29) is 17.2 Å². The third kappa shape index (κ3) is 7.28. The van der Waals surface area contributed by atoms with E-state index in [9.17, 15) is 18.0 Å². The van der Waals surface area contributed by atoms with Gasteiger partial charge in [0, 0.05) is 24.7 Å². The molecule has 0 radical (unpaired) electrons. The molecule has 1 heterocycles. The van der Waals surface area contributed by atoms with Gasteiger partial charge >= 0.3 is 12.2 Å². The molecule has 0 amide bonds. The fraction of sp³-hybridized carbons (Fsp3) is 0.448. The Morgan fingerprint density at radius 3 is 2.12 bits per heavy atom. The van der Waals surface area contributed by atoms with Crippen LogP contribution in [0.15, 0.2) is 42.5 Å². The van der Waals surface area contributed by atoms with E-state index in [0.29, 0.717) is 39.9 Å². The van der Waals surface area contributed by atoms with Crippen LogP contribution in [0.2, 0.25) is 5.02 Å². The van der Waals surface area contributed by atoms with Crippen molar-refractivity contribution in [3.63, 3.8) is 0 Å². The summed E-state index contributed by atoms with van der Waals surface area (Å²) >= 11 is 6.49. The van der Waals surface area contributed by atoms with E-state index in [1.54, 1.807) is 25.1 Å². The van der Waals surface area contributed by atoms with Gasteiger partial charge in [0.2, 0.25) is 5.60 Å². The van der Waals surface area contributed by atoms with Gasteiger partial charge < -0.3 is 14.2 Å². The molecule has 40 heavy (non-hydrogen) atoms. The molecule has 0 aliphatic rings. The first kappa shape index (κ1) is 31.3. The van der Waals surface area contributed by atoms with Crippen LogP contribution in [0.3, 0.4) is 0 Å². The fourth-order valence-electron chi connectivity index (χ4n) is 3.70. The van der Waals surface area contributed by atoms with E-state index >= 15 is 0 Å². The highest BCUT2D eigenvalue weighted by Gasteiger charge is 2.57. The number of carbonyl (C=O) groups excluding carboxylic acids is 1. The van der Waals surface area contributed by atoms with E-state index in [2.05, 4.69) is 40.5 Å². The van der Waals surface area contributed by atoms with Crippen LogP contribution in [0.5, 0.6) is 11.8 Å². The molecular weight excluding hydrogens is 547 g/mol. The molecule has 0 aliphatic heterocycles. The smallest absolute Gasteiger partial charge is 0.424 e. The van der Waals surface area contributed by atoms with E-state index in [1.807, 2.05) is 24.3 Å². The Bertz CT molecular complexity index is 1340. The first-order chi connectivity index (χ1) is 18.6. The lowest BCUT2D eigenvalue weighted by molar-refractivity contribution is -0.252. The molecule has 3 aromatic rings. The van der Waals surface area contributed by atoms with Gasteiger partial charge in [0.1, 0.15) is 5.75 Å². The summed E-state index contributed by atoms with van der Waals surface area (Å²) in [6, 6.07) is 12.2. The second-order valence-electron chi connectivity index (χ2n) is 10.8. The zero-order chi connectivity index (χ0) is 29.9. The van der Waals surface area contributed by atoms with E-state index in [4.69, 9.17) is 21.1 Å². The van der Waals surface area contributed by atoms with Crippen LogP contribution in [0.1, 0.15) is 52.5 Å². The van der Waals surface area contributed by atoms with E-state index in [1.165, 1.54) is 7.11 Å². The van der Waals surface area contributed by atoms with Crippen molar-refractivity contribution >= 4 is 17.4 Å². The number of halogens is 4. The summed E-state index contributed by atoms with van der Waals surface area (Å²) in [7, 11) is 2.29. The van der Waals surface area contributed by atoms with Crippen molar-refractivity contribution in [3.8, 4) is 34.5 Å². The molecule has 2 unspecified atom stereocenters. The van der Waals surface area contributed by atoms with Gasteiger partial charge in [-0.1, -0.05) is 45.4 Å². The number of alkyl halides is 3. The minimum absolute atomic E-state index is 0.00944. The number of ketones is 1. The molecule has 0 spiro atoms. The average Bonchev–Trinajstić information content (AvgIpc) is 2.90. The number of hydrogen-bond donors (Lipinski definition) is 0. The minimum Gasteiger partial charge on any atom is -0.493 e. The zero-order valence-electron chi connectivity index (χ0n) is 23.5. The number of hydrogen-bond acceptors (Lipinski definition) is 7. The lowest BCUT2D eigenvalue weighted by Crippen LogP contribution is -2.51. The molecule has 2 atom stereocenters. The van der Waals surface area contributed by atoms with Gasteiger partial charge in [-0.05, 0) is 60.2 Å². The molecular formula is C29H33ClF3N3O4. The number of benzene rings is 2. The average molecular weight is 580 g/mol. The van der Waals surface area contributed by atoms with Gasteiger partial charge in [0.15, 0.2) is 17.4 Å². The van der Waals surface area contributed by atoms with Crippen molar-refractivity contribution in [1.29, 1.82) is 0 Å². The summed E-state index contributed by atoms with van der Waals surface area (Å²) < 4.78 is 56.2. The standard InChI is InChI=1S/C29H33ClF3N3O4/c1-17(14-23(37)28(5,39-7)29(31,32)33)19-10-13-22(30)21(15-19)25-34-24(35-26(36-25)38-6)18-8-11-20(12-9-18)40-16-27(2,3)4/h8-13,15,17H,14,16H2,1-7H3. The van der Waals surface area contributed by atoms with Gasteiger partial charge in [0.25, 0.3) is 0 Å². The summed E-state index contributed by atoms with van der Waals surface area (Å²) in [6.45, 7) is 9.18. The van der Waals surface area contributed by atoms with Crippen LogP contribution in [0.25, 0.3) is 22.8 Å². The minimum atomic E-state index is -4.85. The van der Waals surface area contributed by atoms with Crippen LogP contribution < -0.4 is 9.47 Å². The molecule has 0 N–H and O–H groups in total. The summed E-state index contributed by atoms with van der Waals surface area (Å²) in [5, 5.41) is 0.310. The Morgan fingerprint density at radius 1 is 0.950 bits per heavy atom. The highest BCUT2D eigenvalue weighted by Crippen LogP contribution is 2.38. The van der Waals surface area contributed by atoms with Crippen LogP contribution >= 0.6 is 11.6 Å². The van der Waals surface area contributed by atoms with Crippen molar-refractivity contribution < 1.29 is 32.2 Å². The number of nitrogens with zero attached hydrogens (tertiary/aromatic N) is 3. The van der Waals surface area contributed by atoms with E-state index < -0.39 is 29.9 Å². The third-order valence-corrected chi connectivity index (χ3v) is 6.68. The van der Waals surface area contributed by atoms with Gasteiger partial charge in [-0.25, -0.2) is 4.98 Å². The lowest BCUT2D eigenvalue weighted by atomic mass is 9.88. The predicted octanol–water partition coefficient (Wildman–Crippen LogP) is 7.32. The number of Topliss-reactive ketones (excluding diaryl/α,β-unsaturated/α-hetero) is 1. The largest absolute Gasteiger partial charge is 0.493 e. The Balaban J connectivity index is 1.93. The van der Waals surface area contributed by atoms with Gasteiger partial charge in [-0.15, -0.1) is 0 Å². The number of aromatic nitrogens is 3. The van der Waals surface area contributed by atoms with Crippen molar-refractivity contribution in [2.75, 3.05) is 20.8 Å². The first-order valence-corrected chi connectivity index (χ1v) is 12.9. The molecule has 0 aliphatic carbocycles. The monoisotopic (exact) mass is 579 g/mol. The second kappa shape index (κ2) is 12.1. The highest BCUT2D eigenvalue weighted by molar-refractivity contribution is 6.33. The van der Waals surface area contributed by atoms with Crippen molar-refractivity contribution in [1.82, 2.24) is 15.0 Å². The lowest BCUT2D eigenvalue weighted by Gasteiger charge is -2.30. The van der Waals surface area contributed by atoms with E-state index in [0.717, 1.165) is 14.0 Å². The van der Waals surface area contributed by atoms with Crippen LogP contribution in [-0.2, 0) is 9.53 Å². The van der Waals surface area contributed by atoms with Crippen molar-refractivity contribution in [2.24, 2.45) is 5.41 Å². The number of ether oxygens (including phenoxy) is 3. The summed E-state index contributed by atoms with van der Waals surface area (Å²) in [5.41, 5.74) is -1.22. The van der Waals surface area contributed by atoms with Crippen LogP contribution in [0.4, 0.5) is 13.2 Å². The van der Waals surface area contributed by atoms with Crippen LogP contribution in [0, 0.1) is 5.41 Å². The summed E-state index contributed by atoms with van der Waals surface area (Å²) in [6.07, 6.45) is -5.25. The predicted molar refractivity (Wildman–Crippen MR) is 147 cm³/mol. The van der Waals surface area contributed by atoms with Gasteiger partial charge in [0.05, 0.1) is 18.7 Å². The van der Waals surface area contributed by atoms with Crippen molar-refractivity contribution in [2.45, 2.75) is 58.7 Å². The summed E-state index contributed by atoms with van der Waals surface area (Å²) in [5.74, 6) is -0.420. The molecule has 0 saturated carbocycles. The molecule has 1 aromatic heterocycles. The number of carbonyl (C=O) groups is 1. The number of rotatable bonds is 10. The molecule has 0 saturated heterocycles. The third-order valence-electron chi connectivity index (χ3n) is 6.36. The Labute approximate surface area is 237 Å². The number of methoxy groups -OCH3 is 2. The second-order valence-corrected chi connectivity index (χ2v) is 11.3. The SMILES string of the molecule is COc1nc(-c2ccc(OCC(C)(C)C)cc2)nc(-c2cc(C(C)CC(=O)C(C)(OC)C(F)(F)F)ccc2Cl)n1. The maximum absolute atomic E-state index is 13.5. The normalized spacial score (nSPS) is 14.4. The zero-order valence-corrected chi connectivity index (χ0v) is 24.3. The summed E-state index contributed by atoms with van der Waals surface area (Å²) in [4.78, 5) is 25.9. The Hall–Kier alpha value is -3.24. The molecule has 3 rings (SSSR count).